The summed E-state index contributed by atoms with van der Waals surface area (Å²) >= 11 is 0. The molecule has 2 aromatic carbocycles. The molecule has 2 rings (SSSR count). The molecule has 0 saturated heterocycles. The molecule has 0 heterocycles. The molecular formula is C31H48O4. The van der Waals surface area contributed by atoms with Gasteiger partial charge in [0.05, 0.1) is 13.2 Å². The van der Waals surface area contributed by atoms with Gasteiger partial charge in [-0.3, -0.25) is 0 Å². The van der Waals surface area contributed by atoms with Crippen LogP contribution in [0.4, 0.5) is 0 Å². The van der Waals surface area contributed by atoms with E-state index < -0.39 is 0 Å². The van der Waals surface area contributed by atoms with Crippen molar-refractivity contribution >= 4 is 0 Å². The Balaban J connectivity index is 2.27. The van der Waals surface area contributed by atoms with Crippen LogP contribution in [-0.2, 0) is 17.6 Å². The lowest BCUT2D eigenvalue weighted by Crippen LogP contribution is -2.07. The summed E-state index contributed by atoms with van der Waals surface area (Å²) in [7, 11) is 0. The first kappa shape index (κ1) is 29.2. The molecule has 0 radical (unpaired) electrons. The van der Waals surface area contributed by atoms with Crippen LogP contribution in [-0.4, -0.2) is 31.7 Å². The summed E-state index contributed by atoms with van der Waals surface area (Å²) in [5.41, 5.74) is 5.36. The van der Waals surface area contributed by atoms with Gasteiger partial charge in [-0.15, -0.1) is 0 Å². The highest BCUT2D eigenvalue weighted by Gasteiger charge is 2.13. The van der Waals surface area contributed by atoms with Crippen molar-refractivity contribution in [2.75, 3.05) is 26.6 Å². The smallest absolute Gasteiger partial charge is 0.143 e. The molecule has 0 aliphatic heterocycles. The average Bonchev–Trinajstić information content (AvgIpc) is 2.87. The van der Waals surface area contributed by atoms with Crippen LogP contribution in [0.3, 0.4) is 0 Å². The predicted octanol–water partition coefficient (Wildman–Crippen LogP) is 8.12. The quantitative estimate of drug-likeness (QED) is 0.152. The molecule has 2 aromatic rings. The Kier molecular flexibility index (Phi) is 15.2. The third kappa shape index (κ3) is 11.0. The normalized spacial score (nSPS) is 11.1. The summed E-state index contributed by atoms with van der Waals surface area (Å²) in [6.45, 7) is 7.79. The van der Waals surface area contributed by atoms with Gasteiger partial charge in [0.25, 0.3) is 0 Å². The topological polar surface area (TPSA) is 47.9 Å². The minimum Gasteiger partial charge on any atom is -0.494 e. The van der Waals surface area contributed by atoms with E-state index >= 15 is 0 Å². The van der Waals surface area contributed by atoms with Crippen molar-refractivity contribution in [1.29, 1.82) is 0 Å². The summed E-state index contributed by atoms with van der Waals surface area (Å²) in [5.74, 6) is 1.83. The molecule has 0 fully saturated rings. The number of aliphatic hydroxyl groups excluding tert-OH is 1. The van der Waals surface area contributed by atoms with E-state index in [9.17, 15) is 0 Å². The van der Waals surface area contributed by atoms with Gasteiger partial charge in [0.15, 0.2) is 0 Å². The minimum atomic E-state index is -0.274. The number of aryl methyl sites for hydroxylation is 2. The SMILES string of the molecule is CCCCCCCc1cc(OCC)ccc1-c1ccc(OCCOCO)cc1CCCCCCC. The summed E-state index contributed by atoms with van der Waals surface area (Å²) in [4.78, 5) is 0. The molecule has 0 aliphatic carbocycles. The standard InChI is InChI=1S/C31H48O4/c1-4-7-9-11-13-15-26-23-28(34-6-3)17-19-30(26)31-20-18-29(35-22-21-33-25-32)24-27(31)16-14-12-10-8-5-2/h17-20,23-24,32H,4-16,21-22,25H2,1-3H3. The first-order valence-electron chi connectivity index (χ1n) is 13.9. The fourth-order valence-electron chi connectivity index (χ4n) is 4.55. The minimum absolute atomic E-state index is 0.274. The third-order valence-electron chi connectivity index (χ3n) is 6.44. The highest BCUT2D eigenvalue weighted by molar-refractivity contribution is 5.72. The molecular weight excluding hydrogens is 436 g/mol. The van der Waals surface area contributed by atoms with Crippen molar-refractivity contribution in [2.24, 2.45) is 0 Å². The van der Waals surface area contributed by atoms with E-state index in [4.69, 9.17) is 19.3 Å². The zero-order chi connectivity index (χ0) is 25.1. The number of aliphatic hydroxyl groups is 1. The summed E-state index contributed by atoms with van der Waals surface area (Å²) in [6, 6.07) is 13.1. The molecule has 0 aliphatic rings. The highest BCUT2D eigenvalue weighted by atomic mass is 16.6. The fraction of sp³-hybridized carbons (Fsp3) is 0.613. The van der Waals surface area contributed by atoms with Crippen LogP contribution < -0.4 is 9.47 Å². The van der Waals surface area contributed by atoms with E-state index in [1.807, 2.05) is 6.92 Å². The van der Waals surface area contributed by atoms with E-state index in [2.05, 4.69) is 50.2 Å². The van der Waals surface area contributed by atoms with Gasteiger partial charge < -0.3 is 19.3 Å². The monoisotopic (exact) mass is 484 g/mol. The number of hydrogen-bond acceptors (Lipinski definition) is 4. The van der Waals surface area contributed by atoms with E-state index in [0.29, 0.717) is 19.8 Å². The van der Waals surface area contributed by atoms with Crippen LogP contribution in [0.25, 0.3) is 11.1 Å². The van der Waals surface area contributed by atoms with Crippen LogP contribution in [0.15, 0.2) is 36.4 Å². The largest absolute Gasteiger partial charge is 0.494 e. The first-order chi connectivity index (χ1) is 17.2. The molecule has 0 unspecified atom stereocenters. The molecule has 0 bridgehead atoms. The summed E-state index contributed by atoms with van der Waals surface area (Å²) in [6.07, 6.45) is 14.8. The van der Waals surface area contributed by atoms with Crippen molar-refractivity contribution in [3.8, 4) is 22.6 Å². The maximum absolute atomic E-state index is 8.83. The first-order valence-corrected chi connectivity index (χ1v) is 13.9. The lowest BCUT2D eigenvalue weighted by molar-refractivity contribution is -0.0126. The molecule has 35 heavy (non-hydrogen) atoms. The van der Waals surface area contributed by atoms with Crippen molar-refractivity contribution < 1.29 is 19.3 Å². The van der Waals surface area contributed by atoms with Crippen molar-refractivity contribution in [1.82, 2.24) is 0 Å². The van der Waals surface area contributed by atoms with Gasteiger partial charge in [-0.25, -0.2) is 0 Å². The Labute approximate surface area is 214 Å². The Morgan fingerprint density at radius 1 is 0.600 bits per heavy atom. The molecule has 0 amide bonds. The van der Waals surface area contributed by atoms with Crippen molar-refractivity contribution in [2.45, 2.75) is 97.8 Å². The van der Waals surface area contributed by atoms with E-state index in [1.165, 1.54) is 86.5 Å². The second-order valence-electron chi connectivity index (χ2n) is 9.29. The van der Waals surface area contributed by atoms with Crippen LogP contribution in [0.2, 0.25) is 0 Å². The lowest BCUT2D eigenvalue weighted by atomic mass is 9.90. The van der Waals surface area contributed by atoms with E-state index in [1.54, 1.807) is 0 Å². The molecule has 0 saturated carbocycles. The molecule has 1 N–H and O–H groups in total. The molecule has 0 aromatic heterocycles. The zero-order valence-corrected chi connectivity index (χ0v) is 22.4. The maximum atomic E-state index is 8.83. The highest BCUT2D eigenvalue weighted by Crippen LogP contribution is 2.34. The second-order valence-corrected chi connectivity index (χ2v) is 9.29. The Bertz CT molecular complexity index is 818. The van der Waals surface area contributed by atoms with Crippen LogP contribution >= 0.6 is 0 Å². The van der Waals surface area contributed by atoms with Crippen molar-refractivity contribution in [3.05, 3.63) is 47.5 Å². The van der Waals surface area contributed by atoms with E-state index in [-0.39, 0.29) is 6.79 Å². The van der Waals surface area contributed by atoms with Crippen LogP contribution in [0.5, 0.6) is 11.5 Å². The molecule has 0 spiro atoms. The zero-order valence-electron chi connectivity index (χ0n) is 22.4. The number of ether oxygens (including phenoxy) is 3. The molecule has 0 atom stereocenters. The summed E-state index contributed by atoms with van der Waals surface area (Å²) < 4.78 is 16.8. The van der Waals surface area contributed by atoms with Gasteiger partial charge in [0, 0.05) is 0 Å². The molecule has 4 nitrogen and oxygen atoms in total. The lowest BCUT2D eigenvalue weighted by Gasteiger charge is -2.17. The van der Waals surface area contributed by atoms with Crippen molar-refractivity contribution in [3.63, 3.8) is 0 Å². The summed E-state index contributed by atoms with van der Waals surface area (Å²) in [5, 5.41) is 8.83. The third-order valence-corrected chi connectivity index (χ3v) is 6.44. The van der Waals surface area contributed by atoms with Crippen LogP contribution in [0.1, 0.15) is 96.1 Å². The van der Waals surface area contributed by atoms with Gasteiger partial charge in [0.1, 0.15) is 24.9 Å². The maximum Gasteiger partial charge on any atom is 0.143 e. The Morgan fingerprint density at radius 3 is 1.60 bits per heavy atom. The average molecular weight is 485 g/mol. The van der Waals surface area contributed by atoms with Gasteiger partial charge in [-0.05, 0) is 79.1 Å². The second kappa shape index (κ2) is 18.3. The Hall–Kier alpha value is -2.04. The van der Waals surface area contributed by atoms with Gasteiger partial charge in [0.2, 0.25) is 0 Å². The van der Waals surface area contributed by atoms with E-state index in [0.717, 1.165) is 24.3 Å². The number of unbranched alkanes of at least 4 members (excludes halogenated alkanes) is 8. The Morgan fingerprint density at radius 2 is 1.11 bits per heavy atom. The molecule has 4 heteroatoms. The molecule has 196 valence electrons. The fourth-order valence-corrected chi connectivity index (χ4v) is 4.55. The van der Waals surface area contributed by atoms with Gasteiger partial charge in [-0.1, -0.05) is 77.3 Å². The van der Waals surface area contributed by atoms with Gasteiger partial charge >= 0.3 is 0 Å². The van der Waals surface area contributed by atoms with Crippen LogP contribution in [0, 0.1) is 0 Å². The van der Waals surface area contributed by atoms with Gasteiger partial charge in [-0.2, -0.15) is 0 Å². The number of hydrogen-bond donors (Lipinski definition) is 1. The predicted molar refractivity (Wildman–Crippen MR) is 147 cm³/mol. The number of benzene rings is 2. The number of rotatable bonds is 20.